The molecule has 2 aromatic carbocycles. The first-order chi connectivity index (χ1) is 17.1. The maximum Gasteiger partial charge on any atom is 0.434 e. The van der Waals surface area contributed by atoms with Gasteiger partial charge in [0.2, 0.25) is 0 Å². The average molecular weight is 518 g/mol. The van der Waals surface area contributed by atoms with E-state index in [2.05, 4.69) is 10.3 Å². The minimum atomic E-state index is -4.68. The molecule has 0 bridgehead atoms. The Balaban J connectivity index is 1.36. The second-order valence-corrected chi connectivity index (χ2v) is 9.67. The zero-order valence-corrected chi connectivity index (χ0v) is 20.9. The molecule has 4 rings (SSSR count). The van der Waals surface area contributed by atoms with E-state index in [1.54, 1.807) is 19.2 Å². The van der Waals surface area contributed by atoms with Crippen LogP contribution in [0.4, 0.5) is 18.9 Å². The lowest BCUT2D eigenvalue weighted by Gasteiger charge is -2.32. The lowest BCUT2D eigenvalue weighted by molar-refractivity contribution is -0.141. The molecule has 1 saturated heterocycles. The molecule has 190 valence electrons. The number of ether oxygens (including phenoxy) is 1. The predicted octanol–water partition coefficient (Wildman–Crippen LogP) is 6.06. The summed E-state index contributed by atoms with van der Waals surface area (Å²) in [4.78, 5) is 30.1. The fourth-order valence-electron chi connectivity index (χ4n) is 4.63. The highest BCUT2D eigenvalue weighted by Gasteiger charge is 2.38. The molecule has 36 heavy (non-hydrogen) atoms. The number of thiazole rings is 1. The number of amides is 2. The highest BCUT2D eigenvalue weighted by Crippen LogP contribution is 2.34. The van der Waals surface area contributed by atoms with E-state index in [0.717, 1.165) is 40.8 Å². The summed E-state index contributed by atoms with van der Waals surface area (Å²) in [5, 5.41) is 2.51. The molecule has 1 fully saturated rings. The van der Waals surface area contributed by atoms with Crippen LogP contribution in [0.15, 0.2) is 41.9 Å². The van der Waals surface area contributed by atoms with Crippen LogP contribution in [-0.2, 0) is 6.18 Å². The summed E-state index contributed by atoms with van der Waals surface area (Å²) < 4.78 is 44.4. The lowest BCUT2D eigenvalue weighted by atomic mass is 9.89. The first-order valence-corrected chi connectivity index (χ1v) is 12.3. The summed E-state index contributed by atoms with van der Waals surface area (Å²) >= 11 is 0.652. The van der Waals surface area contributed by atoms with E-state index in [0.29, 0.717) is 35.7 Å². The molecule has 0 aliphatic carbocycles. The van der Waals surface area contributed by atoms with Gasteiger partial charge in [-0.15, -0.1) is 11.3 Å². The number of piperidine rings is 1. The molecule has 2 amide bonds. The van der Waals surface area contributed by atoms with Gasteiger partial charge >= 0.3 is 6.18 Å². The van der Waals surface area contributed by atoms with Crippen molar-refractivity contribution in [1.82, 2.24) is 9.88 Å². The average Bonchev–Trinajstić information content (AvgIpc) is 3.35. The summed E-state index contributed by atoms with van der Waals surface area (Å²) in [7, 11) is 1.62. The molecule has 1 N–H and O–H groups in total. The third-order valence-corrected chi connectivity index (χ3v) is 7.20. The number of carbonyl (C=O) groups excluding carboxylic acids is 2. The maximum atomic E-state index is 13.0. The van der Waals surface area contributed by atoms with Gasteiger partial charge in [-0.3, -0.25) is 9.59 Å². The molecule has 6 nitrogen and oxygen atoms in total. The molecule has 10 heteroatoms. The highest BCUT2D eigenvalue weighted by atomic mass is 32.1. The minimum Gasteiger partial charge on any atom is -0.496 e. The highest BCUT2D eigenvalue weighted by molar-refractivity contribution is 7.12. The van der Waals surface area contributed by atoms with E-state index in [1.807, 2.05) is 43.0 Å². The van der Waals surface area contributed by atoms with Gasteiger partial charge in [0.15, 0.2) is 5.69 Å². The second kappa shape index (κ2) is 10.3. The van der Waals surface area contributed by atoms with Gasteiger partial charge in [-0.2, -0.15) is 13.2 Å². The molecule has 1 aliphatic rings. The SMILES string of the molecule is COc1c(C)cc(C(=O)N2CCC(c3ccc(NC(=O)c4scnc4C(F)(F)F)cc3)CC2)cc1C. The number of carbonyl (C=O) groups is 2. The predicted molar refractivity (Wildman–Crippen MR) is 132 cm³/mol. The first kappa shape index (κ1) is 25.7. The number of nitrogens with zero attached hydrogens (tertiary/aromatic N) is 2. The summed E-state index contributed by atoms with van der Waals surface area (Å²) in [6, 6.07) is 10.8. The number of nitrogens with one attached hydrogen (secondary N) is 1. The number of likely N-dealkylation sites (tertiary alicyclic amines) is 1. The van der Waals surface area contributed by atoms with Gasteiger partial charge in [0.1, 0.15) is 10.6 Å². The topological polar surface area (TPSA) is 71.5 Å². The van der Waals surface area contributed by atoms with Gasteiger partial charge in [-0.1, -0.05) is 12.1 Å². The number of methoxy groups -OCH3 is 1. The van der Waals surface area contributed by atoms with Crippen molar-refractivity contribution in [3.8, 4) is 5.75 Å². The van der Waals surface area contributed by atoms with Gasteiger partial charge in [0, 0.05) is 24.3 Å². The van der Waals surface area contributed by atoms with Crippen molar-refractivity contribution in [3.63, 3.8) is 0 Å². The monoisotopic (exact) mass is 517 g/mol. The fourth-order valence-corrected chi connectivity index (χ4v) is 5.33. The van der Waals surface area contributed by atoms with Crippen molar-refractivity contribution >= 4 is 28.8 Å². The van der Waals surface area contributed by atoms with E-state index >= 15 is 0 Å². The Hall–Kier alpha value is -3.40. The van der Waals surface area contributed by atoms with Crippen LogP contribution in [0.25, 0.3) is 0 Å². The Morgan fingerprint density at radius 3 is 2.25 bits per heavy atom. The third-order valence-electron chi connectivity index (χ3n) is 6.38. The number of rotatable bonds is 5. The van der Waals surface area contributed by atoms with E-state index in [4.69, 9.17) is 4.74 Å². The van der Waals surface area contributed by atoms with Crippen LogP contribution >= 0.6 is 11.3 Å². The molecule has 2 heterocycles. The van der Waals surface area contributed by atoms with Crippen LogP contribution in [0.3, 0.4) is 0 Å². The van der Waals surface area contributed by atoms with Crippen LogP contribution in [0, 0.1) is 13.8 Å². The fraction of sp³-hybridized carbons (Fsp3) is 0.346. The van der Waals surface area contributed by atoms with Gasteiger partial charge in [-0.25, -0.2) is 4.98 Å². The van der Waals surface area contributed by atoms with Gasteiger partial charge in [-0.05, 0) is 73.6 Å². The first-order valence-electron chi connectivity index (χ1n) is 11.4. The van der Waals surface area contributed by atoms with Crippen LogP contribution in [0.1, 0.15) is 61.2 Å². The number of halogens is 3. The number of hydrogen-bond acceptors (Lipinski definition) is 5. The second-order valence-electron chi connectivity index (χ2n) is 8.81. The van der Waals surface area contributed by atoms with Crippen molar-refractivity contribution in [2.75, 3.05) is 25.5 Å². The van der Waals surface area contributed by atoms with Gasteiger partial charge in [0.25, 0.3) is 11.8 Å². The number of alkyl halides is 3. The van der Waals surface area contributed by atoms with Crippen molar-refractivity contribution in [3.05, 3.63) is 74.7 Å². The Kier molecular flexibility index (Phi) is 7.35. The van der Waals surface area contributed by atoms with Crippen molar-refractivity contribution in [2.45, 2.75) is 38.8 Å². The Morgan fingerprint density at radius 1 is 1.08 bits per heavy atom. The largest absolute Gasteiger partial charge is 0.496 e. The number of aromatic nitrogens is 1. The smallest absolute Gasteiger partial charge is 0.434 e. The lowest BCUT2D eigenvalue weighted by Crippen LogP contribution is -2.38. The third kappa shape index (κ3) is 5.38. The van der Waals surface area contributed by atoms with Crippen LogP contribution in [0.5, 0.6) is 5.75 Å². The van der Waals surface area contributed by atoms with Crippen molar-refractivity contribution in [1.29, 1.82) is 0 Å². The molecule has 0 saturated carbocycles. The Morgan fingerprint density at radius 2 is 1.69 bits per heavy atom. The van der Waals surface area contributed by atoms with Crippen LogP contribution in [-0.4, -0.2) is 41.9 Å². The number of aryl methyl sites for hydroxylation is 2. The molecular weight excluding hydrogens is 491 g/mol. The normalized spacial score (nSPS) is 14.6. The Labute approximate surface area is 211 Å². The minimum absolute atomic E-state index is 0.00153. The van der Waals surface area contributed by atoms with E-state index < -0.39 is 22.7 Å². The summed E-state index contributed by atoms with van der Waals surface area (Å²) in [6.45, 7) is 5.09. The molecular formula is C26H26F3N3O3S. The molecule has 0 radical (unpaired) electrons. The van der Waals surface area contributed by atoms with Crippen molar-refractivity contribution in [2.24, 2.45) is 0 Å². The van der Waals surface area contributed by atoms with Gasteiger partial charge in [0.05, 0.1) is 12.6 Å². The molecule has 1 aliphatic heterocycles. The quantitative estimate of drug-likeness (QED) is 0.447. The molecule has 3 aromatic rings. The molecule has 1 aromatic heterocycles. The van der Waals surface area contributed by atoms with Crippen LogP contribution in [0.2, 0.25) is 0 Å². The van der Waals surface area contributed by atoms with Crippen LogP contribution < -0.4 is 10.1 Å². The molecule has 0 spiro atoms. The van der Waals surface area contributed by atoms with E-state index in [9.17, 15) is 22.8 Å². The maximum absolute atomic E-state index is 13.0. The molecule has 0 unspecified atom stereocenters. The van der Waals surface area contributed by atoms with Crippen molar-refractivity contribution < 1.29 is 27.5 Å². The standard InChI is InChI=1S/C26H26F3N3O3S/c1-15-12-19(13-16(2)21(15)35-3)25(34)32-10-8-18(9-11-32)17-4-6-20(7-5-17)31-24(33)22-23(26(27,28)29)30-14-36-22/h4-7,12-14,18H,8-11H2,1-3H3,(H,31,33). The zero-order valence-electron chi connectivity index (χ0n) is 20.1. The number of anilines is 1. The summed E-state index contributed by atoms with van der Waals surface area (Å²) in [6.07, 6.45) is -3.10. The summed E-state index contributed by atoms with van der Waals surface area (Å²) in [5.74, 6) is 0.198. The van der Waals surface area contributed by atoms with E-state index in [-0.39, 0.29) is 11.8 Å². The molecule has 0 atom stereocenters. The zero-order chi connectivity index (χ0) is 26.0. The number of hydrogen-bond donors (Lipinski definition) is 1. The summed E-state index contributed by atoms with van der Waals surface area (Å²) in [5.41, 5.74) is 3.80. The van der Waals surface area contributed by atoms with Gasteiger partial charge < -0.3 is 15.0 Å². The number of benzene rings is 2. The van der Waals surface area contributed by atoms with E-state index in [1.165, 1.54) is 0 Å². The Bertz CT molecular complexity index is 1240.